The summed E-state index contributed by atoms with van der Waals surface area (Å²) in [5.41, 5.74) is 0. The van der Waals surface area contributed by atoms with Crippen LogP contribution in [0.2, 0.25) is 0 Å². The first-order valence-electron chi connectivity index (χ1n) is 8.13. The molecule has 1 atom stereocenters. The van der Waals surface area contributed by atoms with Crippen LogP contribution in [0.15, 0.2) is 0 Å². The maximum absolute atomic E-state index is 11.7. The molecule has 2 amide bonds. The molecule has 5 heteroatoms. The average Bonchev–Trinajstić information content (AvgIpc) is 2.42. The van der Waals surface area contributed by atoms with Crippen LogP contribution >= 0.6 is 0 Å². The molecule has 122 valence electrons. The normalized spacial score (nSPS) is 23.6. The molecule has 1 aliphatic carbocycles. The number of aliphatic carboxylic acids is 1. The molecule has 1 fully saturated rings. The predicted octanol–water partition coefficient (Wildman–Crippen LogP) is 2.86. The highest BCUT2D eigenvalue weighted by atomic mass is 16.4. The molecule has 0 saturated heterocycles. The summed E-state index contributed by atoms with van der Waals surface area (Å²) in [5.74, 6) is 0.331. The maximum Gasteiger partial charge on any atom is 0.314 e. The van der Waals surface area contributed by atoms with Gasteiger partial charge in [0, 0.05) is 13.1 Å². The summed E-state index contributed by atoms with van der Waals surface area (Å²) in [6, 6.07) is -0.247. The fraction of sp³-hybridized carbons (Fsp3) is 0.875. The summed E-state index contributed by atoms with van der Waals surface area (Å²) in [5, 5.41) is 14.7. The van der Waals surface area contributed by atoms with Crippen LogP contribution < -0.4 is 10.6 Å². The number of amides is 2. The third kappa shape index (κ3) is 7.34. The molecule has 0 aromatic rings. The standard InChI is InChI=1S/C16H30N2O3/c1-11(2)8-14(15(19)20)10-18-16(21)17-9-13-6-4-12(3)5-7-13/h11-14H,4-10H2,1-3H3,(H,19,20)(H2,17,18,21). The van der Waals surface area contributed by atoms with Gasteiger partial charge >= 0.3 is 12.0 Å². The van der Waals surface area contributed by atoms with Crippen molar-refractivity contribution in [3.8, 4) is 0 Å². The van der Waals surface area contributed by atoms with Gasteiger partial charge in [-0.05, 0) is 37.0 Å². The van der Waals surface area contributed by atoms with E-state index < -0.39 is 11.9 Å². The van der Waals surface area contributed by atoms with Crippen molar-refractivity contribution in [2.24, 2.45) is 23.7 Å². The number of hydrogen-bond donors (Lipinski definition) is 3. The number of carbonyl (C=O) groups excluding carboxylic acids is 1. The minimum atomic E-state index is -0.842. The SMILES string of the molecule is CC(C)CC(CNC(=O)NCC1CCC(C)CC1)C(=O)O. The van der Waals surface area contributed by atoms with Gasteiger partial charge in [-0.2, -0.15) is 0 Å². The molecule has 3 N–H and O–H groups in total. The van der Waals surface area contributed by atoms with Crippen LogP contribution in [0.1, 0.15) is 52.9 Å². The van der Waals surface area contributed by atoms with E-state index in [0.717, 1.165) is 5.92 Å². The molecule has 0 aromatic carbocycles. The molecule has 1 unspecified atom stereocenters. The molecule has 0 spiro atoms. The van der Waals surface area contributed by atoms with Gasteiger partial charge in [-0.25, -0.2) is 4.79 Å². The van der Waals surface area contributed by atoms with E-state index in [1.165, 1.54) is 25.7 Å². The first-order chi connectivity index (χ1) is 9.88. The quantitative estimate of drug-likeness (QED) is 0.676. The second-order valence-corrected chi connectivity index (χ2v) is 6.88. The van der Waals surface area contributed by atoms with Gasteiger partial charge in [-0.1, -0.05) is 33.6 Å². The lowest BCUT2D eigenvalue weighted by atomic mass is 9.83. The highest BCUT2D eigenvalue weighted by Crippen LogP contribution is 2.27. The molecule has 0 heterocycles. The predicted molar refractivity (Wildman–Crippen MR) is 83.1 cm³/mol. The zero-order chi connectivity index (χ0) is 15.8. The summed E-state index contributed by atoms with van der Waals surface area (Å²) in [4.78, 5) is 22.9. The molecular formula is C16H30N2O3. The molecule has 0 aromatic heterocycles. The van der Waals surface area contributed by atoms with Crippen LogP contribution in [0.4, 0.5) is 4.79 Å². The molecule has 1 rings (SSSR count). The number of nitrogens with one attached hydrogen (secondary N) is 2. The molecular weight excluding hydrogens is 268 g/mol. The first-order valence-corrected chi connectivity index (χ1v) is 8.13. The van der Waals surface area contributed by atoms with Crippen molar-refractivity contribution < 1.29 is 14.7 Å². The van der Waals surface area contributed by atoms with Gasteiger partial charge in [-0.3, -0.25) is 4.79 Å². The zero-order valence-electron chi connectivity index (χ0n) is 13.5. The summed E-state index contributed by atoms with van der Waals surface area (Å²) in [6.07, 6.45) is 5.40. The Morgan fingerprint density at radius 1 is 1.14 bits per heavy atom. The first kappa shape index (κ1) is 17.8. The second-order valence-electron chi connectivity index (χ2n) is 6.88. The van der Waals surface area contributed by atoms with Crippen LogP contribution in [0.25, 0.3) is 0 Å². The van der Waals surface area contributed by atoms with Crippen molar-refractivity contribution in [2.45, 2.75) is 52.9 Å². The topological polar surface area (TPSA) is 78.4 Å². The number of rotatable bonds is 7. The fourth-order valence-electron chi connectivity index (χ4n) is 2.89. The molecule has 0 aliphatic heterocycles. The average molecular weight is 298 g/mol. The van der Waals surface area contributed by atoms with Gasteiger partial charge < -0.3 is 15.7 Å². The van der Waals surface area contributed by atoms with Crippen LogP contribution in [0.3, 0.4) is 0 Å². The van der Waals surface area contributed by atoms with Crippen molar-refractivity contribution in [3.05, 3.63) is 0 Å². The van der Waals surface area contributed by atoms with E-state index in [9.17, 15) is 9.59 Å². The van der Waals surface area contributed by atoms with E-state index in [0.29, 0.717) is 24.8 Å². The molecule has 5 nitrogen and oxygen atoms in total. The Kier molecular flexibility index (Phi) is 7.54. The second kappa shape index (κ2) is 8.90. The molecule has 1 saturated carbocycles. The van der Waals surface area contributed by atoms with E-state index in [2.05, 4.69) is 17.6 Å². The summed E-state index contributed by atoms with van der Waals surface area (Å²) in [6.45, 7) is 7.14. The van der Waals surface area contributed by atoms with E-state index >= 15 is 0 Å². The number of urea groups is 1. The molecule has 1 aliphatic rings. The van der Waals surface area contributed by atoms with Crippen molar-refractivity contribution in [3.63, 3.8) is 0 Å². The van der Waals surface area contributed by atoms with Gasteiger partial charge in [0.15, 0.2) is 0 Å². The third-order valence-electron chi connectivity index (χ3n) is 4.30. The van der Waals surface area contributed by atoms with Crippen molar-refractivity contribution in [1.82, 2.24) is 10.6 Å². The van der Waals surface area contributed by atoms with E-state index in [4.69, 9.17) is 5.11 Å². The molecule has 21 heavy (non-hydrogen) atoms. The zero-order valence-corrected chi connectivity index (χ0v) is 13.5. The van der Waals surface area contributed by atoms with E-state index in [1.54, 1.807) is 0 Å². The summed E-state index contributed by atoms with van der Waals surface area (Å²) in [7, 11) is 0. The minimum Gasteiger partial charge on any atom is -0.481 e. The smallest absolute Gasteiger partial charge is 0.314 e. The lowest BCUT2D eigenvalue weighted by Crippen LogP contribution is -2.42. The Hall–Kier alpha value is -1.26. The lowest BCUT2D eigenvalue weighted by molar-refractivity contribution is -0.142. The number of carbonyl (C=O) groups is 2. The Balaban J connectivity index is 2.22. The Labute approximate surface area is 127 Å². The van der Waals surface area contributed by atoms with Crippen LogP contribution in [0.5, 0.6) is 0 Å². The Morgan fingerprint density at radius 3 is 2.29 bits per heavy atom. The van der Waals surface area contributed by atoms with E-state index in [-0.39, 0.29) is 12.6 Å². The van der Waals surface area contributed by atoms with E-state index in [1.807, 2.05) is 13.8 Å². The number of carboxylic acid groups (broad SMARTS) is 1. The highest BCUT2D eigenvalue weighted by Gasteiger charge is 2.21. The third-order valence-corrected chi connectivity index (χ3v) is 4.30. The molecule has 0 bridgehead atoms. The van der Waals surface area contributed by atoms with Gasteiger partial charge in [0.25, 0.3) is 0 Å². The van der Waals surface area contributed by atoms with Gasteiger partial charge in [-0.15, -0.1) is 0 Å². The number of hydrogen-bond acceptors (Lipinski definition) is 2. The van der Waals surface area contributed by atoms with Gasteiger partial charge in [0.1, 0.15) is 0 Å². The summed E-state index contributed by atoms with van der Waals surface area (Å²) >= 11 is 0. The monoisotopic (exact) mass is 298 g/mol. The van der Waals surface area contributed by atoms with Crippen molar-refractivity contribution in [2.75, 3.05) is 13.1 Å². The fourth-order valence-corrected chi connectivity index (χ4v) is 2.89. The lowest BCUT2D eigenvalue weighted by Gasteiger charge is -2.26. The summed E-state index contributed by atoms with van der Waals surface area (Å²) < 4.78 is 0. The Morgan fingerprint density at radius 2 is 1.76 bits per heavy atom. The molecule has 0 radical (unpaired) electrons. The highest BCUT2D eigenvalue weighted by molar-refractivity contribution is 5.75. The van der Waals surface area contributed by atoms with Gasteiger partial charge in [0.05, 0.1) is 5.92 Å². The number of carboxylic acids is 1. The largest absolute Gasteiger partial charge is 0.481 e. The van der Waals surface area contributed by atoms with Crippen molar-refractivity contribution in [1.29, 1.82) is 0 Å². The van der Waals surface area contributed by atoms with Crippen molar-refractivity contribution >= 4 is 12.0 Å². The minimum absolute atomic E-state index is 0.195. The Bertz CT molecular complexity index is 336. The van der Waals surface area contributed by atoms with Crippen LogP contribution in [0, 0.1) is 23.7 Å². The van der Waals surface area contributed by atoms with Gasteiger partial charge in [0.2, 0.25) is 0 Å². The van der Waals surface area contributed by atoms with Crippen LogP contribution in [-0.2, 0) is 4.79 Å². The van der Waals surface area contributed by atoms with Crippen LogP contribution in [-0.4, -0.2) is 30.2 Å². The maximum atomic E-state index is 11.7.